The van der Waals surface area contributed by atoms with Crippen LogP contribution in [-0.2, 0) is 0 Å². The molecule has 0 aliphatic carbocycles. The molecule has 1 heterocycles. The van der Waals surface area contributed by atoms with Gasteiger partial charge in [0.1, 0.15) is 10.7 Å². The van der Waals surface area contributed by atoms with Gasteiger partial charge in [0.05, 0.1) is 6.04 Å². The molecule has 0 aliphatic rings. The van der Waals surface area contributed by atoms with E-state index in [1.165, 1.54) is 11.3 Å². The summed E-state index contributed by atoms with van der Waals surface area (Å²) in [5.41, 5.74) is 14.4. The summed E-state index contributed by atoms with van der Waals surface area (Å²) in [6.07, 6.45) is 0.818. The lowest BCUT2D eigenvalue weighted by molar-refractivity contribution is 0.102. The molecule has 0 fully saturated rings. The average molecular weight is 409 g/mol. The molecular formula is C22H24N4O2S. The normalized spacial score (nSPS) is 12.0. The first-order valence-corrected chi connectivity index (χ1v) is 10.2. The van der Waals surface area contributed by atoms with Gasteiger partial charge in [-0.2, -0.15) is 0 Å². The van der Waals surface area contributed by atoms with Gasteiger partial charge in [-0.1, -0.05) is 13.8 Å². The first-order chi connectivity index (χ1) is 13.8. The lowest BCUT2D eigenvalue weighted by atomic mass is 10.0. The Kier molecular flexibility index (Phi) is 6.41. The maximum Gasteiger partial charge on any atom is 0.275 e. The molecule has 2 aromatic carbocycles. The second-order valence-electron chi connectivity index (χ2n) is 7.29. The maximum absolute atomic E-state index is 12.5. The Labute approximate surface area is 174 Å². The number of nitrogen functional groups attached to an aromatic ring is 1. The smallest absolute Gasteiger partial charge is 0.275 e. The average Bonchev–Trinajstić information content (AvgIpc) is 3.19. The minimum atomic E-state index is -0.304. The Morgan fingerprint density at radius 3 is 2.21 bits per heavy atom. The number of carbonyl (C=O) groups is 2. The molecule has 0 aliphatic heterocycles. The first-order valence-electron chi connectivity index (χ1n) is 9.36. The summed E-state index contributed by atoms with van der Waals surface area (Å²) in [7, 11) is 0. The number of aromatic nitrogens is 1. The predicted octanol–water partition coefficient (Wildman–Crippen LogP) is 4.25. The Bertz CT molecular complexity index is 994. The number of amides is 1. The van der Waals surface area contributed by atoms with Crippen LogP contribution < -0.4 is 16.8 Å². The van der Waals surface area contributed by atoms with E-state index >= 15 is 0 Å². The minimum absolute atomic E-state index is 0.105. The molecule has 7 heteroatoms. The number of carbonyl (C=O) groups excluding carboxylic acids is 2. The van der Waals surface area contributed by atoms with Crippen LogP contribution in [0.15, 0.2) is 53.9 Å². The lowest BCUT2D eigenvalue weighted by Gasteiger charge is -2.10. The summed E-state index contributed by atoms with van der Waals surface area (Å²) in [4.78, 5) is 29.3. The first kappa shape index (κ1) is 20.7. The van der Waals surface area contributed by atoms with Gasteiger partial charge in [-0.05, 0) is 60.9 Å². The van der Waals surface area contributed by atoms with Crippen molar-refractivity contribution >= 4 is 34.4 Å². The summed E-state index contributed by atoms with van der Waals surface area (Å²) in [6, 6.07) is 13.3. The fourth-order valence-corrected chi connectivity index (χ4v) is 3.69. The Hall–Kier alpha value is -3.03. The standard InChI is InChI=1S/C22H24N4O2S/c1-13(2)11-18(24)22-26-19(12-29-22)21(28)25-17-9-5-15(6-10-17)20(27)14-3-7-16(23)8-4-14/h3-10,12-13,18H,11,23-24H2,1-2H3,(H,25,28). The van der Waals surface area contributed by atoms with Gasteiger partial charge >= 0.3 is 0 Å². The number of nitrogens with two attached hydrogens (primary N) is 2. The van der Waals surface area contributed by atoms with E-state index in [0.717, 1.165) is 11.4 Å². The summed E-state index contributed by atoms with van der Waals surface area (Å²) in [6.45, 7) is 4.20. The van der Waals surface area contributed by atoms with Crippen LogP contribution in [0.3, 0.4) is 0 Å². The highest BCUT2D eigenvalue weighted by Gasteiger charge is 2.16. The molecule has 1 atom stereocenters. The predicted molar refractivity (Wildman–Crippen MR) is 117 cm³/mol. The SMILES string of the molecule is CC(C)CC(N)c1nc(C(=O)Nc2ccc(C(=O)c3ccc(N)cc3)cc2)cs1. The highest BCUT2D eigenvalue weighted by molar-refractivity contribution is 7.09. The topological polar surface area (TPSA) is 111 Å². The van der Waals surface area contributed by atoms with Crippen molar-refractivity contribution in [3.63, 3.8) is 0 Å². The molecule has 0 saturated carbocycles. The molecule has 1 amide bonds. The van der Waals surface area contributed by atoms with Crippen LogP contribution in [0.1, 0.15) is 57.7 Å². The Morgan fingerprint density at radius 1 is 1.03 bits per heavy atom. The number of nitrogens with one attached hydrogen (secondary N) is 1. The van der Waals surface area contributed by atoms with E-state index in [9.17, 15) is 9.59 Å². The van der Waals surface area contributed by atoms with Crippen molar-refractivity contribution in [3.8, 4) is 0 Å². The van der Waals surface area contributed by atoms with Gasteiger partial charge in [0.25, 0.3) is 5.91 Å². The van der Waals surface area contributed by atoms with Crippen LogP contribution in [0.4, 0.5) is 11.4 Å². The molecule has 6 nitrogen and oxygen atoms in total. The molecule has 0 spiro atoms. The summed E-state index contributed by atoms with van der Waals surface area (Å²) < 4.78 is 0. The molecular weight excluding hydrogens is 384 g/mol. The molecule has 0 bridgehead atoms. The van der Waals surface area contributed by atoms with E-state index in [4.69, 9.17) is 11.5 Å². The van der Waals surface area contributed by atoms with E-state index in [2.05, 4.69) is 24.1 Å². The van der Waals surface area contributed by atoms with Gasteiger partial charge in [-0.3, -0.25) is 9.59 Å². The highest BCUT2D eigenvalue weighted by Crippen LogP contribution is 2.23. The molecule has 1 unspecified atom stereocenters. The molecule has 0 radical (unpaired) electrons. The zero-order chi connectivity index (χ0) is 21.0. The van der Waals surface area contributed by atoms with Crippen molar-refractivity contribution in [1.29, 1.82) is 0 Å². The van der Waals surface area contributed by atoms with Crippen LogP contribution in [-0.4, -0.2) is 16.7 Å². The van der Waals surface area contributed by atoms with Gasteiger partial charge in [-0.15, -0.1) is 11.3 Å². The number of ketones is 1. The van der Waals surface area contributed by atoms with Crippen LogP contribution in [0, 0.1) is 5.92 Å². The van der Waals surface area contributed by atoms with Crippen molar-refractivity contribution in [1.82, 2.24) is 4.98 Å². The van der Waals surface area contributed by atoms with E-state index in [0.29, 0.717) is 34.1 Å². The molecule has 1 aromatic heterocycles. The third-order valence-electron chi connectivity index (χ3n) is 4.37. The zero-order valence-corrected chi connectivity index (χ0v) is 17.2. The van der Waals surface area contributed by atoms with Crippen molar-refractivity contribution in [2.45, 2.75) is 26.3 Å². The lowest BCUT2D eigenvalue weighted by Crippen LogP contribution is -2.15. The second-order valence-corrected chi connectivity index (χ2v) is 8.18. The number of hydrogen-bond donors (Lipinski definition) is 3. The number of anilines is 2. The Balaban J connectivity index is 1.65. The van der Waals surface area contributed by atoms with Gasteiger partial charge in [0.15, 0.2) is 5.78 Å². The summed E-state index contributed by atoms with van der Waals surface area (Å²) in [5.74, 6) is 0.0497. The minimum Gasteiger partial charge on any atom is -0.399 e. The quantitative estimate of drug-likeness (QED) is 0.400. The molecule has 0 saturated heterocycles. The van der Waals surface area contributed by atoms with Gasteiger partial charge < -0.3 is 16.8 Å². The maximum atomic E-state index is 12.5. The molecule has 3 aromatic rings. The van der Waals surface area contributed by atoms with Gasteiger partial charge in [0.2, 0.25) is 0 Å². The van der Waals surface area contributed by atoms with Crippen molar-refractivity contribution in [2.24, 2.45) is 11.7 Å². The van der Waals surface area contributed by atoms with E-state index < -0.39 is 0 Å². The van der Waals surface area contributed by atoms with Crippen molar-refractivity contribution in [2.75, 3.05) is 11.1 Å². The summed E-state index contributed by atoms with van der Waals surface area (Å²) in [5, 5.41) is 5.27. The number of nitrogens with zero attached hydrogens (tertiary/aromatic N) is 1. The molecule has 3 rings (SSSR count). The third kappa shape index (κ3) is 5.28. The number of hydrogen-bond acceptors (Lipinski definition) is 6. The largest absolute Gasteiger partial charge is 0.399 e. The fraction of sp³-hybridized carbons (Fsp3) is 0.227. The van der Waals surface area contributed by atoms with E-state index in [-0.39, 0.29) is 17.7 Å². The van der Waals surface area contributed by atoms with Crippen LogP contribution in [0.25, 0.3) is 0 Å². The van der Waals surface area contributed by atoms with Crippen LogP contribution >= 0.6 is 11.3 Å². The zero-order valence-electron chi connectivity index (χ0n) is 16.4. The number of rotatable bonds is 7. The van der Waals surface area contributed by atoms with Crippen molar-refractivity contribution in [3.05, 3.63) is 75.7 Å². The van der Waals surface area contributed by atoms with E-state index in [1.54, 1.807) is 53.9 Å². The molecule has 150 valence electrons. The van der Waals surface area contributed by atoms with Gasteiger partial charge in [0, 0.05) is 27.9 Å². The van der Waals surface area contributed by atoms with Crippen molar-refractivity contribution < 1.29 is 9.59 Å². The third-order valence-corrected chi connectivity index (χ3v) is 5.35. The monoisotopic (exact) mass is 408 g/mol. The van der Waals surface area contributed by atoms with E-state index in [1.807, 2.05) is 0 Å². The van der Waals surface area contributed by atoms with Crippen LogP contribution in [0.2, 0.25) is 0 Å². The highest BCUT2D eigenvalue weighted by atomic mass is 32.1. The Morgan fingerprint density at radius 2 is 1.62 bits per heavy atom. The molecule has 29 heavy (non-hydrogen) atoms. The van der Waals surface area contributed by atoms with Gasteiger partial charge in [-0.25, -0.2) is 4.98 Å². The van der Waals surface area contributed by atoms with Crippen LogP contribution in [0.5, 0.6) is 0 Å². The summed E-state index contributed by atoms with van der Waals surface area (Å²) >= 11 is 1.39. The molecule has 5 N–H and O–H groups in total. The number of thiazole rings is 1. The number of benzene rings is 2. The second kappa shape index (κ2) is 8.98. The fourth-order valence-electron chi connectivity index (χ4n) is 2.87.